The Morgan fingerprint density at radius 1 is 1.24 bits per heavy atom. The number of carbonyl (C=O) groups is 1. The van der Waals surface area contributed by atoms with E-state index in [9.17, 15) is 13.2 Å². The molecule has 0 atom stereocenters. The number of benzene rings is 1. The van der Waals surface area contributed by atoms with Gasteiger partial charge < -0.3 is 9.73 Å². The molecule has 2 heterocycles. The van der Waals surface area contributed by atoms with Crippen molar-refractivity contribution in [3.63, 3.8) is 0 Å². The van der Waals surface area contributed by atoms with Crippen LogP contribution in [0.3, 0.4) is 0 Å². The number of nitrogens with one attached hydrogen (secondary N) is 1. The molecular formula is C22H29N5O4S2. The maximum atomic E-state index is 12.7. The van der Waals surface area contributed by atoms with Crippen molar-refractivity contribution < 1.29 is 17.6 Å². The van der Waals surface area contributed by atoms with Crippen LogP contribution in [0.5, 0.6) is 0 Å². The second kappa shape index (κ2) is 10.1. The maximum absolute atomic E-state index is 12.7. The first-order chi connectivity index (χ1) is 15.5. The monoisotopic (exact) mass is 491 g/mol. The van der Waals surface area contributed by atoms with Crippen LogP contribution in [0.15, 0.2) is 45.0 Å². The van der Waals surface area contributed by atoms with Crippen LogP contribution in [0.1, 0.15) is 42.5 Å². The van der Waals surface area contributed by atoms with Gasteiger partial charge in [0, 0.05) is 25.7 Å². The molecule has 0 aliphatic heterocycles. The molecule has 0 saturated heterocycles. The Morgan fingerprint density at radius 2 is 1.97 bits per heavy atom. The van der Waals surface area contributed by atoms with Crippen molar-refractivity contribution in [1.82, 2.24) is 19.1 Å². The lowest BCUT2D eigenvalue weighted by Crippen LogP contribution is -2.23. The number of thioether (sulfide) groups is 1. The van der Waals surface area contributed by atoms with Crippen molar-refractivity contribution in [2.45, 2.75) is 50.2 Å². The lowest BCUT2D eigenvalue weighted by molar-refractivity contribution is -0.113. The number of aryl methyl sites for hydroxylation is 1. The summed E-state index contributed by atoms with van der Waals surface area (Å²) in [6.45, 7) is 8.20. The molecule has 0 unspecified atom stereocenters. The zero-order valence-electron chi connectivity index (χ0n) is 19.6. The first kappa shape index (κ1) is 25.0. The molecule has 0 fully saturated rings. The van der Waals surface area contributed by atoms with Gasteiger partial charge in [-0.25, -0.2) is 12.7 Å². The van der Waals surface area contributed by atoms with E-state index in [0.717, 1.165) is 27.0 Å². The highest BCUT2D eigenvalue weighted by Crippen LogP contribution is 2.27. The van der Waals surface area contributed by atoms with E-state index < -0.39 is 10.0 Å². The lowest BCUT2D eigenvalue weighted by Gasteiger charge is -2.16. The van der Waals surface area contributed by atoms with Crippen LogP contribution >= 0.6 is 11.8 Å². The smallest absolute Gasteiger partial charge is 0.242 e. The van der Waals surface area contributed by atoms with Crippen LogP contribution in [0.2, 0.25) is 0 Å². The van der Waals surface area contributed by atoms with E-state index in [1.54, 1.807) is 12.3 Å². The Kier molecular flexibility index (Phi) is 7.65. The fraction of sp³-hybridized carbons (Fsp3) is 0.409. The molecule has 3 aromatic rings. The molecule has 0 spiro atoms. The third-order valence-electron chi connectivity index (χ3n) is 5.18. The normalized spacial score (nSPS) is 12.0. The van der Waals surface area contributed by atoms with Crippen LogP contribution < -0.4 is 5.32 Å². The minimum absolute atomic E-state index is 0.0948. The van der Waals surface area contributed by atoms with Crippen molar-refractivity contribution in [2.75, 3.05) is 25.2 Å². The van der Waals surface area contributed by atoms with E-state index in [2.05, 4.69) is 15.5 Å². The van der Waals surface area contributed by atoms with Crippen LogP contribution in [-0.2, 0) is 21.4 Å². The van der Waals surface area contributed by atoms with Gasteiger partial charge in [0.1, 0.15) is 11.6 Å². The minimum atomic E-state index is -3.62. The van der Waals surface area contributed by atoms with Crippen LogP contribution in [-0.4, -0.2) is 53.2 Å². The SMILES string of the molecule is Cc1cc(S(=O)(=O)N(C)C)cc(NC(=O)CSc2nnc(C(C)C)n2Cc2ccco2)c1C. The summed E-state index contributed by atoms with van der Waals surface area (Å²) in [5.41, 5.74) is 2.07. The summed E-state index contributed by atoms with van der Waals surface area (Å²) in [5, 5.41) is 12.0. The Hall–Kier alpha value is -2.63. The Labute approximate surface area is 198 Å². The van der Waals surface area contributed by atoms with Crippen molar-refractivity contribution >= 4 is 33.4 Å². The largest absolute Gasteiger partial charge is 0.467 e. The van der Waals surface area contributed by atoms with Crippen LogP contribution in [0, 0.1) is 13.8 Å². The molecular weight excluding hydrogens is 462 g/mol. The number of aromatic nitrogens is 3. The summed E-state index contributed by atoms with van der Waals surface area (Å²) in [4.78, 5) is 12.9. The number of rotatable bonds is 9. The maximum Gasteiger partial charge on any atom is 0.242 e. The topological polar surface area (TPSA) is 110 Å². The molecule has 3 rings (SSSR count). The predicted molar refractivity (Wildman–Crippen MR) is 128 cm³/mol. The second-order valence-electron chi connectivity index (χ2n) is 8.20. The molecule has 33 heavy (non-hydrogen) atoms. The average Bonchev–Trinajstić information content (AvgIpc) is 3.40. The molecule has 1 aromatic carbocycles. The van der Waals surface area contributed by atoms with E-state index in [1.807, 2.05) is 44.4 Å². The Bertz CT molecular complexity index is 1230. The van der Waals surface area contributed by atoms with E-state index in [4.69, 9.17) is 4.42 Å². The number of nitrogens with zero attached hydrogens (tertiary/aromatic N) is 4. The summed E-state index contributed by atoms with van der Waals surface area (Å²) < 4.78 is 33.7. The van der Waals surface area contributed by atoms with Crippen LogP contribution in [0.4, 0.5) is 5.69 Å². The van der Waals surface area contributed by atoms with Crippen molar-refractivity contribution in [2.24, 2.45) is 0 Å². The minimum Gasteiger partial charge on any atom is -0.467 e. The highest BCUT2D eigenvalue weighted by atomic mass is 32.2. The summed E-state index contributed by atoms with van der Waals surface area (Å²) in [7, 11) is -0.668. The number of hydrogen-bond donors (Lipinski definition) is 1. The number of hydrogen-bond acceptors (Lipinski definition) is 7. The standard InChI is InChI=1S/C22H29N5O4S2/c1-14(2)21-24-25-22(27(21)12-17-8-7-9-31-17)32-13-20(28)23-19-11-18(10-15(3)16(19)4)33(29,30)26(5)6/h7-11,14H,12-13H2,1-6H3,(H,23,28). The van der Waals surface area contributed by atoms with Gasteiger partial charge in [0.05, 0.1) is 23.5 Å². The molecule has 0 radical (unpaired) electrons. The van der Waals surface area contributed by atoms with Crippen molar-refractivity contribution in [1.29, 1.82) is 0 Å². The first-order valence-electron chi connectivity index (χ1n) is 10.4. The highest BCUT2D eigenvalue weighted by Gasteiger charge is 2.21. The van der Waals surface area contributed by atoms with Gasteiger partial charge in [0.2, 0.25) is 15.9 Å². The van der Waals surface area contributed by atoms with Gasteiger partial charge in [-0.05, 0) is 49.2 Å². The van der Waals surface area contributed by atoms with E-state index in [1.165, 1.54) is 31.9 Å². The molecule has 0 bridgehead atoms. The Morgan fingerprint density at radius 3 is 2.58 bits per heavy atom. The van der Waals surface area contributed by atoms with E-state index >= 15 is 0 Å². The number of sulfonamides is 1. The lowest BCUT2D eigenvalue weighted by atomic mass is 10.1. The molecule has 178 valence electrons. The van der Waals surface area contributed by atoms with Crippen LogP contribution in [0.25, 0.3) is 0 Å². The number of amides is 1. The fourth-order valence-electron chi connectivity index (χ4n) is 3.17. The van der Waals surface area contributed by atoms with Crippen molar-refractivity contribution in [3.05, 3.63) is 53.2 Å². The highest BCUT2D eigenvalue weighted by molar-refractivity contribution is 7.99. The number of anilines is 1. The van der Waals surface area contributed by atoms with Gasteiger partial charge >= 0.3 is 0 Å². The molecule has 9 nitrogen and oxygen atoms in total. The molecule has 11 heteroatoms. The van der Waals surface area contributed by atoms with Crippen molar-refractivity contribution in [3.8, 4) is 0 Å². The fourth-order valence-corrected chi connectivity index (χ4v) is 4.93. The molecule has 1 amide bonds. The summed E-state index contributed by atoms with van der Waals surface area (Å²) in [6.07, 6.45) is 1.62. The van der Waals surface area contributed by atoms with Gasteiger partial charge in [0.15, 0.2) is 5.16 Å². The number of furan rings is 1. The van der Waals surface area contributed by atoms with Gasteiger partial charge in [-0.15, -0.1) is 10.2 Å². The predicted octanol–water partition coefficient (Wildman–Crippen LogP) is 3.64. The van der Waals surface area contributed by atoms with E-state index in [0.29, 0.717) is 17.4 Å². The molecule has 0 aliphatic rings. The summed E-state index contributed by atoms with van der Waals surface area (Å²) >= 11 is 1.27. The first-order valence-corrected chi connectivity index (χ1v) is 12.8. The molecule has 0 saturated carbocycles. The average molecular weight is 492 g/mol. The van der Waals surface area contributed by atoms with Gasteiger partial charge in [-0.1, -0.05) is 25.6 Å². The van der Waals surface area contributed by atoms with Gasteiger partial charge in [-0.3, -0.25) is 9.36 Å². The summed E-state index contributed by atoms with van der Waals surface area (Å²) in [6, 6.07) is 6.81. The third-order valence-corrected chi connectivity index (χ3v) is 7.94. The zero-order chi connectivity index (χ0) is 24.3. The van der Waals surface area contributed by atoms with E-state index in [-0.39, 0.29) is 22.5 Å². The van der Waals surface area contributed by atoms with Gasteiger partial charge in [-0.2, -0.15) is 0 Å². The Balaban J connectivity index is 1.77. The second-order valence-corrected chi connectivity index (χ2v) is 11.3. The van der Waals surface area contributed by atoms with Gasteiger partial charge in [0.25, 0.3) is 0 Å². The third kappa shape index (κ3) is 5.66. The molecule has 1 N–H and O–H groups in total. The molecule has 0 aliphatic carbocycles. The zero-order valence-corrected chi connectivity index (χ0v) is 21.2. The summed E-state index contributed by atoms with van der Waals surface area (Å²) in [5.74, 6) is 1.57. The quantitative estimate of drug-likeness (QED) is 0.455. The number of carbonyl (C=O) groups excluding carboxylic acids is 1. The molecule has 2 aromatic heterocycles.